The molecule has 130 valence electrons. The third-order valence-corrected chi connectivity index (χ3v) is 4.69. The molecular formula is C18H17NO6. The molecule has 0 saturated carbocycles. The number of imide groups is 1. The van der Waals surface area contributed by atoms with Crippen LogP contribution >= 0.6 is 0 Å². The van der Waals surface area contributed by atoms with Gasteiger partial charge in [0.15, 0.2) is 0 Å². The lowest BCUT2D eigenvalue weighted by Crippen LogP contribution is -2.48. The Balaban J connectivity index is 1.72. The number of esters is 1. The van der Waals surface area contributed by atoms with Gasteiger partial charge in [-0.2, -0.15) is 0 Å². The van der Waals surface area contributed by atoms with Crippen molar-refractivity contribution in [1.29, 1.82) is 0 Å². The Labute approximate surface area is 144 Å². The summed E-state index contributed by atoms with van der Waals surface area (Å²) in [5.41, 5.74) is 0.751. The molecule has 1 aromatic rings. The summed E-state index contributed by atoms with van der Waals surface area (Å²) in [5.74, 6) is -1.58. The summed E-state index contributed by atoms with van der Waals surface area (Å²) in [6, 6.07) is 6.10. The van der Waals surface area contributed by atoms with Crippen LogP contribution in [0, 0.1) is 5.92 Å². The van der Waals surface area contributed by atoms with E-state index in [0.29, 0.717) is 24.2 Å². The predicted octanol–water partition coefficient (Wildman–Crippen LogP) is 1.49. The molecule has 2 amide bonds. The number of benzene rings is 1. The average Bonchev–Trinajstić information content (AvgIpc) is 3.19. The molecule has 1 fully saturated rings. The number of rotatable bonds is 3. The summed E-state index contributed by atoms with van der Waals surface area (Å²) in [6.45, 7) is 2.34. The van der Waals surface area contributed by atoms with Crippen molar-refractivity contribution in [2.75, 3.05) is 13.2 Å². The van der Waals surface area contributed by atoms with E-state index in [9.17, 15) is 14.4 Å². The lowest BCUT2D eigenvalue weighted by Gasteiger charge is -2.35. The van der Waals surface area contributed by atoms with E-state index in [0.717, 1.165) is 0 Å². The molecular weight excluding hydrogens is 326 g/mol. The Morgan fingerprint density at radius 1 is 1.24 bits per heavy atom. The number of nitrogens with zero attached hydrogens (tertiary/aromatic N) is 1. The fraction of sp³-hybridized carbons (Fsp3) is 0.389. The van der Waals surface area contributed by atoms with Crippen LogP contribution in [0.3, 0.4) is 0 Å². The molecule has 4 rings (SSSR count). The molecule has 0 aromatic heterocycles. The van der Waals surface area contributed by atoms with Gasteiger partial charge >= 0.3 is 5.97 Å². The highest BCUT2D eigenvalue weighted by atomic mass is 16.7. The van der Waals surface area contributed by atoms with E-state index in [1.807, 2.05) is 0 Å². The summed E-state index contributed by atoms with van der Waals surface area (Å²) in [4.78, 5) is 38.8. The van der Waals surface area contributed by atoms with E-state index in [2.05, 4.69) is 0 Å². The third kappa shape index (κ3) is 2.42. The summed E-state index contributed by atoms with van der Waals surface area (Å²) in [5, 5.41) is 0. The number of carbonyl (C=O) groups is 3. The van der Waals surface area contributed by atoms with Crippen molar-refractivity contribution in [3.63, 3.8) is 0 Å². The van der Waals surface area contributed by atoms with Crippen molar-refractivity contribution in [2.45, 2.75) is 25.7 Å². The molecule has 1 aromatic carbocycles. The molecule has 7 nitrogen and oxygen atoms in total. The van der Waals surface area contributed by atoms with Gasteiger partial charge in [-0.15, -0.1) is 0 Å². The van der Waals surface area contributed by atoms with E-state index in [-0.39, 0.29) is 30.1 Å². The minimum Gasteiger partial charge on any atom is -0.460 e. The highest BCUT2D eigenvalue weighted by molar-refractivity contribution is 6.21. The van der Waals surface area contributed by atoms with Crippen LogP contribution in [0.1, 0.15) is 34.1 Å². The minimum absolute atomic E-state index is 0.0217. The van der Waals surface area contributed by atoms with Crippen molar-refractivity contribution in [3.8, 4) is 0 Å². The first-order valence-electron chi connectivity index (χ1n) is 8.26. The molecule has 3 heterocycles. The average molecular weight is 343 g/mol. The van der Waals surface area contributed by atoms with Gasteiger partial charge in [0.1, 0.15) is 0 Å². The summed E-state index contributed by atoms with van der Waals surface area (Å²) >= 11 is 0. The number of hydrogen-bond donors (Lipinski definition) is 0. The Morgan fingerprint density at radius 3 is 2.56 bits per heavy atom. The summed E-state index contributed by atoms with van der Waals surface area (Å²) in [7, 11) is 0. The maximum absolute atomic E-state index is 12.8. The smallest absolute Gasteiger partial charge is 0.373 e. The maximum Gasteiger partial charge on any atom is 0.373 e. The van der Waals surface area contributed by atoms with Crippen molar-refractivity contribution in [3.05, 3.63) is 47.2 Å². The molecule has 0 aliphatic carbocycles. The van der Waals surface area contributed by atoms with Crippen molar-refractivity contribution in [1.82, 2.24) is 4.90 Å². The van der Waals surface area contributed by atoms with E-state index in [1.165, 1.54) is 11.0 Å². The van der Waals surface area contributed by atoms with Gasteiger partial charge in [-0.1, -0.05) is 12.1 Å². The van der Waals surface area contributed by atoms with Gasteiger partial charge in [0, 0.05) is 5.92 Å². The van der Waals surface area contributed by atoms with Crippen LogP contribution in [0.2, 0.25) is 0 Å². The molecule has 1 saturated heterocycles. The SMILES string of the molecule is CCOC(=O)C1=C[C@H](N2C(=O)c3ccccc3C2=O)[C@@H]2CCO[C@@H]2O1. The van der Waals surface area contributed by atoms with Gasteiger partial charge in [0.25, 0.3) is 11.8 Å². The quantitative estimate of drug-likeness (QED) is 0.611. The molecule has 0 radical (unpaired) electrons. The molecule has 0 N–H and O–H groups in total. The first-order chi connectivity index (χ1) is 12.1. The fourth-order valence-corrected chi connectivity index (χ4v) is 3.54. The fourth-order valence-electron chi connectivity index (χ4n) is 3.54. The number of hydrogen-bond acceptors (Lipinski definition) is 6. The second-order valence-electron chi connectivity index (χ2n) is 6.08. The largest absolute Gasteiger partial charge is 0.460 e. The van der Waals surface area contributed by atoms with Gasteiger partial charge in [0.2, 0.25) is 12.0 Å². The molecule has 25 heavy (non-hydrogen) atoms. The van der Waals surface area contributed by atoms with Crippen LogP contribution < -0.4 is 0 Å². The molecule has 3 aliphatic heterocycles. The van der Waals surface area contributed by atoms with Crippen LogP contribution in [0.15, 0.2) is 36.1 Å². The first-order valence-corrected chi connectivity index (χ1v) is 8.26. The monoisotopic (exact) mass is 343 g/mol. The van der Waals surface area contributed by atoms with E-state index in [4.69, 9.17) is 14.2 Å². The molecule has 0 spiro atoms. The van der Waals surface area contributed by atoms with Gasteiger partial charge in [-0.05, 0) is 31.6 Å². The molecule has 3 aliphatic rings. The Hall–Kier alpha value is -2.67. The number of carbonyl (C=O) groups excluding carboxylic acids is 3. The number of fused-ring (bicyclic) bond motifs is 2. The zero-order valence-corrected chi connectivity index (χ0v) is 13.6. The molecule has 0 unspecified atom stereocenters. The molecule has 7 heteroatoms. The van der Waals surface area contributed by atoms with Crippen LogP contribution in [0.4, 0.5) is 0 Å². The van der Waals surface area contributed by atoms with Crippen LogP contribution in [0.25, 0.3) is 0 Å². The minimum atomic E-state index is -0.668. The number of amides is 2. The Morgan fingerprint density at radius 2 is 1.92 bits per heavy atom. The Bertz CT molecular complexity index is 751. The van der Waals surface area contributed by atoms with E-state index in [1.54, 1.807) is 31.2 Å². The van der Waals surface area contributed by atoms with Crippen molar-refractivity contribution in [2.24, 2.45) is 5.92 Å². The summed E-state index contributed by atoms with van der Waals surface area (Å²) < 4.78 is 16.1. The van der Waals surface area contributed by atoms with Crippen molar-refractivity contribution < 1.29 is 28.6 Å². The zero-order valence-electron chi connectivity index (χ0n) is 13.6. The predicted molar refractivity (Wildman–Crippen MR) is 84.4 cm³/mol. The highest BCUT2D eigenvalue weighted by Gasteiger charge is 2.49. The second kappa shape index (κ2) is 6.00. The van der Waals surface area contributed by atoms with E-state index < -0.39 is 18.3 Å². The van der Waals surface area contributed by atoms with Crippen LogP contribution in [-0.2, 0) is 19.0 Å². The van der Waals surface area contributed by atoms with Crippen molar-refractivity contribution >= 4 is 17.8 Å². The van der Waals surface area contributed by atoms with Gasteiger partial charge in [-0.3, -0.25) is 14.5 Å². The lowest BCUT2D eigenvalue weighted by molar-refractivity contribution is -0.158. The van der Waals surface area contributed by atoms with Gasteiger partial charge < -0.3 is 14.2 Å². The summed E-state index contributed by atoms with van der Waals surface area (Å²) in [6.07, 6.45) is 1.48. The Kier molecular flexibility index (Phi) is 3.80. The van der Waals surface area contributed by atoms with Crippen LogP contribution in [0.5, 0.6) is 0 Å². The number of ether oxygens (including phenoxy) is 3. The molecule has 3 atom stereocenters. The van der Waals surface area contributed by atoms with Gasteiger partial charge in [0.05, 0.1) is 30.4 Å². The van der Waals surface area contributed by atoms with E-state index >= 15 is 0 Å². The maximum atomic E-state index is 12.8. The van der Waals surface area contributed by atoms with Gasteiger partial charge in [-0.25, -0.2) is 4.79 Å². The zero-order chi connectivity index (χ0) is 17.6. The third-order valence-electron chi connectivity index (χ3n) is 4.69. The second-order valence-corrected chi connectivity index (χ2v) is 6.08. The lowest BCUT2D eigenvalue weighted by atomic mass is 9.93. The van der Waals surface area contributed by atoms with Crippen LogP contribution in [-0.4, -0.2) is 48.2 Å². The first kappa shape index (κ1) is 15.8. The molecule has 0 bridgehead atoms. The normalized spacial score (nSPS) is 27.5. The standard InChI is InChI=1S/C18H17NO6/c1-2-23-17(22)14-9-13(12-7-8-24-18(12)25-14)19-15(20)10-5-3-4-6-11(10)16(19)21/h3-6,9,12-13,18H,2,7-8H2,1H3/t12-,13-,18+/m0/s1. The topological polar surface area (TPSA) is 82.1 Å². The highest BCUT2D eigenvalue weighted by Crippen LogP contribution is 2.38.